The van der Waals surface area contributed by atoms with E-state index in [0.717, 1.165) is 22.4 Å². The number of nitrogens with one attached hydrogen (secondary N) is 1. The second kappa shape index (κ2) is 9.34. The highest BCUT2D eigenvalue weighted by Crippen LogP contribution is 2.21. The summed E-state index contributed by atoms with van der Waals surface area (Å²) in [5.41, 5.74) is 5.65. The molecule has 0 heterocycles. The third kappa shape index (κ3) is 5.28. The molecule has 0 aliphatic rings. The molecule has 0 aliphatic carbocycles. The van der Waals surface area contributed by atoms with Gasteiger partial charge in [-0.05, 0) is 47.4 Å². The highest BCUT2D eigenvalue weighted by molar-refractivity contribution is 5.86. The SMILES string of the molecule is COc1ccc(/C=N/NC(=O)C(Cc2ccccc2)c2ccccc2)cc1. The summed E-state index contributed by atoms with van der Waals surface area (Å²) in [6.45, 7) is 0. The fourth-order valence-electron chi connectivity index (χ4n) is 2.84. The largest absolute Gasteiger partial charge is 0.497 e. The number of rotatable bonds is 7. The average Bonchev–Trinajstić information content (AvgIpc) is 2.74. The van der Waals surface area contributed by atoms with Crippen molar-refractivity contribution in [3.05, 3.63) is 102 Å². The first-order chi connectivity index (χ1) is 13.3. The van der Waals surface area contributed by atoms with Gasteiger partial charge in [0.25, 0.3) is 0 Å². The van der Waals surface area contributed by atoms with Gasteiger partial charge in [0.2, 0.25) is 5.91 Å². The Kier molecular flexibility index (Phi) is 6.36. The molecule has 1 amide bonds. The van der Waals surface area contributed by atoms with Crippen molar-refractivity contribution < 1.29 is 9.53 Å². The number of hydrogen-bond donors (Lipinski definition) is 1. The van der Waals surface area contributed by atoms with E-state index >= 15 is 0 Å². The Morgan fingerprint density at radius 1 is 0.963 bits per heavy atom. The lowest BCUT2D eigenvalue weighted by atomic mass is 9.91. The summed E-state index contributed by atoms with van der Waals surface area (Å²) in [6, 6.07) is 27.3. The van der Waals surface area contributed by atoms with E-state index in [1.54, 1.807) is 13.3 Å². The zero-order valence-electron chi connectivity index (χ0n) is 15.2. The van der Waals surface area contributed by atoms with Crippen molar-refractivity contribution >= 4 is 12.1 Å². The van der Waals surface area contributed by atoms with E-state index in [1.165, 1.54) is 0 Å². The molecule has 0 aromatic heterocycles. The summed E-state index contributed by atoms with van der Waals surface area (Å²) in [5.74, 6) is 0.347. The van der Waals surface area contributed by atoms with Crippen molar-refractivity contribution in [3.63, 3.8) is 0 Å². The van der Waals surface area contributed by atoms with Crippen LogP contribution in [0.3, 0.4) is 0 Å². The molecule has 27 heavy (non-hydrogen) atoms. The van der Waals surface area contributed by atoms with E-state index in [0.29, 0.717) is 6.42 Å². The van der Waals surface area contributed by atoms with Crippen molar-refractivity contribution in [2.45, 2.75) is 12.3 Å². The van der Waals surface area contributed by atoms with Gasteiger partial charge in [-0.15, -0.1) is 0 Å². The topological polar surface area (TPSA) is 50.7 Å². The van der Waals surface area contributed by atoms with Crippen LogP contribution in [-0.4, -0.2) is 19.2 Å². The van der Waals surface area contributed by atoms with Gasteiger partial charge in [0, 0.05) is 0 Å². The van der Waals surface area contributed by atoms with Gasteiger partial charge in [0.15, 0.2) is 0 Å². The predicted molar refractivity (Wildman–Crippen MR) is 108 cm³/mol. The summed E-state index contributed by atoms with van der Waals surface area (Å²) in [4.78, 5) is 12.8. The molecule has 3 aromatic rings. The molecule has 1 unspecified atom stereocenters. The van der Waals surface area contributed by atoms with Crippen LogP contribution in [0.15, 0.2) is 90.0 Å². The van der Waals surface area contributed by atoms with Gasteiger partial charge in [0.05, 0.1) is 19.2 Å². The molecule has 0 saturated carbocycles. The van der Waals surface area contributed by atoms with Crippen LogP contribution >= 0.6 is 0 Å². The van der Waals surface area contributed by atoms with Gasteiger partial charge in [-0.25, -0.2) is 5.43 Å². The molecule has 1 atom stereocenters. The third-order valence-electron chi connectivity index (χ3n) is 4.31. The minimum atomic E-state index is -0.304. The van der Waals surface area contributed by atoms with Crippen LogP contribution in [0.1, 0.15) is 22.6 Å². The molecule has 1 N–H and O–H groups in total. The first-order valence-electron chi connectivity index (χ1n) is 8.82. The Labute approximate surface area is 159 Å². The van der Waals surface area contributed by atoms with Crippen molar-refractivity contribution in [2.24, 2.45) is 5.10 Å². The molecule has 0 spiro atoms. The quantitative estimate of drug-likeness (QED) is 0.509. The molecule has 0 bridgehead atoms. The number of hydrogen-bond acceptors (Lipinski definition) is 3. The third-order valence-corrected chi connectivity index (χ3v) is 4.31. The first kappa shape index (κ1) is 18.4. The van der Waals surface area contributed by atoms with Gasteiger partial charge in [-0.1, -0.05) is 60.7 Å². The predicted octanol–water partition coefficient (Wildman–Crippen LogP) is 4.17. The van der Waals surface area contributed by atoms with Gasteiger partial charge < -0.3 is 4.74 Å². The summed E-state index contributed by atoms with van der Waals surface area (Å²) >= 11 is 0. The molecule has 136 valence electrons. The Balaban J connectivity index is 1.71. The van der Waals surface area contributed by atoms with Crippen molar-refractivity contribution in [1.29, 1.82) is 0 Å². The summed E-state index contributed by atoms with van der Waals surface area (Å²) in [6.07, 6.45) is 2.25. The molecule has 4 nitrogen and oxygen atoms in total. The standard InChI is InChI=1S/C23H22N2O2/c1-27-21-14-12-19(13-15-21)17-24-25-23(26)22(20-10-6-3-7-11-20)16-18-8-4-2-5-9-18/h2-15,17,22H,16H2,1H3,(H,25,26)/b24-17+. The summed E-state index contributed by atoms with van der Waals surface area (Å²) in [5, 5.41) is 4.12. The Morgan fingerprint density at radius 3 is 2.22 bits per heavy atom. The van der Waals surface area contributed by atoms with E-state index in [9.17, 15) is 4.79 Å². The molecule has 0 aliphatic heterocycles. The average molecular weight is 358 g/mol. The fourth-order valence-corrected chi connectivity index (χ4v) is 2.84. The molecule has 0 radical (unpaired) electrons. The van der Waals surface area contributed by atoms with E-state index < -0.39 is 0 Å². The highest BCUT2D eigenvalue weighted by Gasteiger charge is 2.20. The molecule has 4 heteroatoms. The smallest absolute Gasteiger partial charge is 0.247 e. The lowest BCUT2D eigenvalue weighted by molar-refractivity contribution is -0.122. The van der Waals surface area contributed by atoms with Gasteiger partial charge in [0.1, 0.15) is 5.75 Å². The minimum Gasteiger partial charge on any atom is -0.497 e. The van der Waals surface area contributed by atoms with Crippen molar-refractivity contribution in [2.75, 3.05) is 7.11 Å². The second-order valence-corrected chi connectivity index (χ2v) is 6.16. The van der Waals surface area contributed by atoms with Crippen molar-refractivity contribution in [3.8, 4) is 5.75 Å². The maximum Gasteiger partial charge on any atom is 0.247 e. The molecule has 3 rings (SSSR count). The van der Waals surface area contributed by atoms with Crippen LogP contribution in [0.2, 0.25) is 0 Å². The second-order valence-electron chi connectivity index (χ2n) is 6.16. The van der Waals surface area contributed by atoms with Gasteiger partial charge in [-0.2, -0.15) is 5.10 Å². The highest BCUT2D eigenvalue weighted by atomic mass is 16.5. The number of ether oxygens (including phenoxy) is 1. The summed E-state index contributed by atoms with van der Waals surface area (Å²) < 4.78 is 5.13. The monoisotopic (exact) mass is 358 g/mol. The molecular formula is C23H22N2O2. The van der Waals surface area contributed by atoms with Crippen LogP contribution < -0.4 is 10.2 Å². The number of benzene rings is 3. The first-order valence-corrected chi connectivity index (χ1v) is 8.82. The molecular weight excluding hydrogens is 336 g/mol. The Hall–Kier alpha value is -3.40. The Morgan fingerprint density at radius 2 is 1.59 bits per heavy atom. The number of methoxy groups -OCH3 is 1. The normalized spacial score (nSPS) is 11.9. The maximum atomic E-state index is 12.8. The lowest BCUT2D eigenvalue weighted by Gasteiger charge is -2.15. The van der Waals surface area contributed by atoms with E-state index in [4.69, 9.17) is 4.74 Å². The number of carbonyl (C=O) groups excluding carboxylic acids is 1. The van der Waals surface area contributed by atoms with Crippen LogP contribution in [0.4, 0.5) is 0 Å². The lowest BCUT2D eigenvalue weighted by Crippen LogP contribution is -2.27. The van der Waals surface area contributed by atoms with E-state index in [-0.39, 0.29) is 11.8 Å². The van der Waals surface area contributed by atoms with Crippen LogP contribution in [0, 0.1) is 0 Å². The minimum absolute atomic E-state index is 0.130. The van der Waals surface area contributed by atoms with E-state index in [2.05, 4.69) is 10.5 Å². The van der Waals surface area contributed by atoms with Crippen LogP contribution in [0.5, 0.6) is 5.75 Å². The Bertz CT molecular complexity index is 875. The van der Waals surface area contributed by atoms with E-state index in [1.807, 2.05) is 84.9 Å². The van der Waals surface area contributed by atoms with Crippen LogP contribution in [0.25, 0.3) is 0 Å². The molecule has 3 aromatic carbocycles. The zero-order chi connectivity index (χ0) is 18.9. The van der Waals surface area contributed by atoms with Crippen LogP contribution in [-0.2, 0) is 11.2 Å². The fraction of sp³-hybridized carbons (Fsp3) is 0.130. The number of amides is 1. The van der Waals surface area contributed by atoms with Crippen molar-refractivity contribution in [1.82, 2.24) is 5.43 Å². The zero-order valence-corrected chi connectivity index (χ0v) is 15.2. The molecule has 0 saturated heterocycles. The number of carbonyl (C=O) groups is 1. The maximum absolute atomic E-state index is 12.8. The van der Waals surface area contributed by atoms with Gasteiger partial charge in [-0.3, -0.25) is 4.79 Å². The summed E-state index contributed by atoms with van der Waals surface area (Å²) in [7, 11) is 1.62. The number of nitrogens with zero attached hydrogens (tertiary/aromatic N) is 1. The van der Waals surface area contributed by atoms with Gasteiger partial charge >= 0.3 is 0 Å². The molecule has 0 fully saturated rings. The number of hydrazone groups is 1.